The standard InChI is InChI=1S/C20H24N6O/c1-14-10-15(2)26(24-14)13-17-11-18(23-22-17)20(27)25-9-4-3-7-19(25)16-6-5-8-21-12-16/h5-6,8,10-12,19H,3-4,7,9,13H2,1-2H3,(H,22,23)/t19-/m1/s1. The molecule has 1 aliphatic heterocycles. The lowest BCUT2D eigenvalue weighted by molar-refractivity contribution is 0.0605. The van der Waals surface area contributed by atoms with Gasteiger partial charge in [0.25, 0.3) is 5.91 Å². The summed E-state index contributed by atoms with van der Waals surface area (Å²) < 4.78 is 1.91. The third kappa shape index (κ3) is 3.63. The minimum atomic E-state index is -0.0283. The minimum Gasteiger partial charge on any atom is -0.330 e. The van der Waals surface area contributed by atoms with Gasteiger partial charge in [-0.05, 0) is 56.9 Å². The zero-order chi connectivity index (χ0) is 18.8. The molecule has 0 aromatic carbocycles. The zero-order valence-electron chi connectivity index (χ0n) is 15.7. The highest BCUT2D eigenvalue weighted by molar-refractivity contribution is 5.92. The molecule has 1 amide bonds. The molecular formula is C20H24N6O. The maximum absolute atomic E-state index is 13.1. The molecule has 1 saturated heterocycles. The van der Waals surface area contributed by atoms with E-state index in [-0.39, 0.29) is 11.9 Å². The summed E-state index contributed by atoms with van der Waals surface area (Å²) in [6, 6.07) is 7.91. The van der Waals surface area contributed by atoms with Gasteiger partial charge in [0, 0.05) is 24.6 Å². The van der Waals surface area contributed by atoms with E-state index in [4.69, 9.17) is 0 Å². The van der Waals surface area contributed by atoms with Crippen molar-refractivity contribution in [3.05, 3.63) is 65.0 Å². The second kappa shape index (κ2) is 7.34. The van der Waals surface area contributed by atoms with Crippen molar-refractivity contribution in [3.8, 4) is 0 Å². The van der Waals surface area contributed by atoms with Crippen molar-refractivity contribution in [2.75, 3.05) is 6.54 Å². The third-order valence-corrected chi connectivity index (χ3v) is 5.11. The number of hydrogen-bond donors (Lipinski definition) is 1. The first-order valence-electron chi connectivity index (χ1n) is 9.38. The van der Waals surface area contributed by atoms with Gasteiger partial charge in [-0.15, -0.1) is 0 Å². The molecule has 0 bridgehead atoms. The van der Waals surface area contributed by atoms with E-state index < -0.39 is 0 Å². The number of nitrogens with one attached hydrogen (secondary N) is 1. The molecule has 0 radical (unpaired) electrons. The average molecular weight is 364 g/mol. The Balaban J connectivity index is 1.53. The number of likely N-dealkylation sites (tertiary alicyclic amines) is 1. The number of amides is 1. The van der Waals surface area contributed by atoms with Crippen molar-refractivity contribution in [2.24, 2.45) is 0 Å². The molecule has 0 saturated carbocycles. The van der Waals surface area contributed by atoms with Crippen LogP contribution in [-0.4, -0.2) is 42.3 Å². The Bertz CT molecular complexity index is 929. The first-order valence-corrected chi connectivity index (χ1v) is 9.38. The zero-order valence-corrected chi connectivity index (χ0v) is 15.7. The molecule has 0 unspecified atom stereocenters. The van der Waals surface area contributed by atoms with Gasteiger partial charge >= 0.3 is 0 Å². The van der Waals surface area contributed by atoms with Gasteiger partial charge in [0.2, 0.25) is 0 Å². The number of carbonyl (C=O) groups excluding carboxylic acids is 1. The van der Waals surface area contributed by atoms with E-state index in [9.17, 15) is 4.79 Å². The molecule has 1 fully saturated rings. The van der Waals surface area contributed by atoms with E-state index in [0.29, 0.717) is 12.2 Å². The molecule has 7 heteroatoms. The number of aromatic amines is 1. The largest absolute Gasteiger partial charge is 0.330 e. The monoisotopic (exact) mass is 364 g/mol. The maximum Gasteiger partial charge on any atom is 0.274 e. The summed E-state index contributed by atoms with van der Waals surface area (Å²) in [5.74, 6) is -0.0283. The van der Waals surface area contributed by atoms with Crippen LogP contribution >= 0.6 is 0 Å². The van der Waals surface area contributed by atoms with E-state index in [2.05, 4.69) is 20.3 Å². The van der Waals surface area contributed by atoms with Crippen LogP contribution in [0.3, 0.4) is 0 Å². The summed E-state index contributed by atoms with van der Waals surface area (Å²) in [5.41, 5.74) is 4.49. The highest BCUT2D eigenvalue weighted by Crippen LogP contribution is 2.31. The van der Waals surface area contributed by atoms with Crippen molar-refractivity contribution < 1.29 is 4.79 Å². The Kier molecular flexibility index (Phi) is 4.75. The van der Waals surface area contributed by atoms with E-state index in [1.165, 1.54) is 0 Å². The second-order valence-corrected chi connectivity index (χ2v) is 7.16. The van der Waals surface area contributed by atoms with Crippen molar-refractivity contribution in [2.45, 2.75) is 45.7 Å². The van der Waals surface area contributed by atoms with Crippen molar-refractivity contribution in [1.29, 1.82) is 0 Å². The smallest absolute Gasteiger partial charge is 0.274 e. The topological polar surface area (TPSA) is 79.7 Å². The summed E-state index contributed by atoms with van der Waals surface area (Å²) in [6.45, 7) is 5.32. The summed E-state index contributed by atoms with van der Waals surface area (Å²) in [7, 11) is 0. The number of pyridine rings is 1. The summed E-state index contributed by atoms with van der Waals surface area (Å²) >= 11 is 0. The fraction of sp³-hybridized carbons (Fsp3) is 0.400. The van der Waals surface area contributed by atoms with Crippen LogP contribution in [0, 0.1) is 13.8 Å². The van der Waals surface area contributed by atoms with Gasteiger partial charge in [0.15, 0.2) is 0 Å². The number of hydrogen-bond acceptors (Lipinski definition) is 4. The van der Waals surface area contributed by atoms with Crippen LogP contribution in [0.25, 0.3) is 0 Å². The highest BCUT2D eigenvalue weighted by atomic mass is 16.2. The van der Waals surface area contributed by atoms with Crippen LogP contribution < -0.4 is 0 Å². The number of aromatic nitrogens is 5. The van der Waals surface area contributed by atoms with E-state index in [1.54, 1.807) is 6.20 Å². The highest BCUT2D eigenvalue weighted by Gasteiger charge is 2.30. The fourth-order valence-electron chi connectivity index (χ4n) is 3.79. The second-order valence-electron chi connectivity index (χ2n) is 7.16. The van der Waals surface area contributed by atoms with E-state index >= 15 is 0 Å². The average Bonchev–Trinajstić information content (AvgIpc) is 3.28. The number of aryl methyl sites for hydroxylation is 2. The molecule has 3 aromatic rings. The quantitative estimate of drug-likeness (QED) is 0.772. The number of H-pyrrole nitrogens is 1. The molecule has 1 N–H and O–H groups in total. The molecule has 1 atom stereocenters. The maximum atomic E-state index is 13.1. The van der Waals surface area contributed by atoms with Crippen LogP contribution in [0.15, 0.2) is 36.7 Å². The van der Waals surface area contributed by atoms with Crippen LogP contribution in [0.4, 0.5) is 0 Å². The number of piperidine rings is 1. The fourth-order valence-corrected chi connectivity index (χ4v) is 3.79. The van der Waals surface area contributed by atoms with Crippen molar-refractivity contribution in [3.63, 3.8) is 0 Å². The summed E-state index contributed by atoms with van der Waals surface area (Å²) in [4.78, 5) is 19.3. The predicted octanol–water partition coefficient (Wildman–Crippen LogP) is 3.03. The van der Waals surface area contributed by atoms with Gasteiger partial charge in [-0.1, -0.05) is 6.07 Å². The normalized spacial score (nSPS) is 17.3. The lowest BCUT2D eigenvalue weighted by Crippen LogP contribution is -2.38. The van der Waals surface area contributed by atoms with Gasteiger partial charge in [-0.25, -0.2) is 0 Å². The van der Waals surface area contributed by atoms with Crippen LogP contribution in [-0.2, 0) is 6.54 Å². The SMILES string of the molecule is Cc1cc(C)n(Cc2cc(C(=O)N3CCCC[C@@H]3c3cccnc3)n[nH]2)n1. The molecule has 27 heavy (non-hydrogen) atoms. The first kappa shape index (κ1) is 17.5. The Morgan fingerprint density at radius 3 is 2.93 bits per heavy atom. The molecule has 0 spiro atoms. The van der Waals surface area contributed by atoms with E-state index in [1.807, 2.05) is 53.9 Å². The predicted molar refractivity (Wildman–Crippen MR) is 101 cm³/mol. The molecular weight excluding hydrogens is 340 g/mol. The van der Waals surface area contributed by atoms with Crippen molar-refractivity contribution >= 4 is 5.91 Å². The Hall–Kier alpha value is -2.96. The lowest BCUT2D eigenvalue weighted by atomic mass is 9.96. The van der Waals surface area contributed by atoms with Crippen LogP contribution in [0.1, 0.15) is 58.4 Å². The molecule has 140 valence electrons. The summed E-state index contributed by atoms with van der Waals surface area (Å²) in [6.07, 6.45) is 6.71. The Labute approximate surface area is 158 Å². The molecule has 1 aliphatic rings. The van der Waals surface area contributed by atoms with Crippen LogP contribution in [0.5, 0.6) is 0 Å². The Morgan fingerprint density at radius 2 is 2.19 bits per heavy atom. The number of carbonyl (C=O) groups is 1. The molecule has 3 aromatic heterocycles. The van der Waals surface area contributed by atoms with Gasteiger partial charge in [-0.2, -0.15) is 10.2 Å². The van der Waals surface area contributed by atoms with Crippen molar-refractivity contribution in [1.82, 2.24) is 29.9 Å². The third-order valence-electron chi connectivity index (χ3n) is 5.11. The lowest BCUT2D eigenvalue weighted by Gasteiger charge is -2.35. The molecule has 0 aliphatic carbocycles. The van der Waals surface area contributed by atoms with Gasteiger partial charge in [-0.3, -0.25) is 19.6 Å². The molecule has 7 nitrogen and oxygen atoms in total. The Morgan fingerprint density at radius 1 is 1.30 bits per heavy atom. The summed E-state index contributed by atoms with van der Waals surface area (Å²) in [5, 5.41) is 11.7. The van der Waals surface area contributed by atoms with Crippen LogP contribution in [0.2, 0.25) is 0 Å². The molecule has 4 heterocycles. The van der Waals surface area contributed by atoms with Gasteiger partial charge in [0.05, 0.1) is 24.0 Å². The van der Waals surface area contributed by atoms with Gasteiger partial charge in [0.1, 0.15) is 5.69 Å². The minimum absolute atomic E-state index is 0.0283. The molecule has 4 rings (SSSR count). The first-order chi connectivity index (χ1) is 13.1. The van der Waals surface area contributed by atoms with Gasteiger partial charge < -0.3 is 4.90 Å². The number of rotatable bonds is 4. The van der Waals surface area contributed by atoms with E-state index in [0.717, 1.165) is 48.5 Å². The number of nitrogens with zero attached hydrogens (tertiary/aromatic N) is 5.